The molecule has 0 saturated heterocycles. The Morgan fingerprint density at radius 2 is 1.57 bits per heavy atom. The van der Waals surface area contributed by atoms with Crippen LogP contribution in [-0.4, -0.2) is 23.1 Å². The van der Waals surface area contributed by atoms with E-state index in [-0.39, 0.29) is 11.3 Å². The zero-order valence-electron chi connectivity index (χ0n) is 16.2. The van der Waals surface area contributed by atoms with E-state index < -0.39 is 26.3 Å². The molecule has 0 amide bonds. The Balaban J connectivity index is 2.09. The maximum atomic E-state index is 14.4. The number of hydrogen-bond acceptors (Lipinski definition) is 4. The van der Waals surface area contributed by atoms with E-state index in [4.69, 9.17) is 5.14 Å². The zero-order chi connectivity index (χ0) is 21.5. The number of rotatable bonds is 5. The van der Waals surface area contributed by atoms with Gasteiger partial charge in [-0.15, -0.1) is 0 Å². The van der Waals surface area contributed by atoms with Gasteiger partial charge in [-0.1, -0.05) is 60.7 Å². The van der Waals surface area contributed by atoms with Gasteiger partial charge in [0.1, 0.15) is 10.7 Å². The smallest absolute Gasteiger partial charge is 0.241 e. The molecule has 0 bridgehead atoms. The summed E-state index contributed by atoms with van der Waals surface area (Å²) in [5, 5.41) is 17.2. The number of halogens is 1. The van der Waals surface area contributed by atoms with Gasteiger partial charge in [-0.3, -0.25) is 0 Å². The molecule has 4 rings (SSSR count). The summed E-state index contributed by atoms with van der Waals surface area (Å²) in [5.74, 6) is -0.733. The van der Waals surface area contributed by atoms with Crippen LogP contribution in [0.2, 0.25) is 0 Å². The SMILES string of the molecule is CCn1c(C(O)(c2ccccc2)c2ccccc2)nc2cc(F)c(S(N)(=O)=O)cc21. The van der Waals surface area contributed by atoms with Crippen LogP contribution in [0, 0.1) is 5.82 Å². The largest absolute Gasteiger partial charge is 0.373 e. The summed E-state index contributed by atoms with van der Waals surface area (Å²) in [6.07, 6.45) is 0. The highest BCUT2D eigenvalue weighted by Crippen LogP contribution is 2.38. The van der Waals surface area contributed by atoms with Crippen LogP contribution in [0.25, 0.3) is 11.0 Å². The molecule has 1 aromatic heterocycles. The van der Waals surface area contributed by atoms with Crippen molar-refractivity contribution in [3.05, 3.63) is 95.6 Å². The maximum absolute atomic E-state index is 14.4. The number of hydrogen-bond donors (Lipinski definition) is 2. The Labute approximate surface area is 173 Å². The van der Waals surface area contributed by atoms with Crippen LogP contribution >= 0.6 is 0 Å². The summed E-state index contributed by atoms with van der Waals surface area (Å²) in [4.78, 5) is 3.92. The van der Waals surface area contributed by atoms with Gasteiger partial charge in [0.25, 0.3) is 0 Å². The molecule has 30 heavy (non-hydrogen) atoms. The second-order valence-electron chi connectivity index (χ2n) is 6.94. The van der Waals surface area contributed by atoms with Crippen LogP contribution in [0.15, 0.2) is 77.7 Å². The number of aromatic nitrogens is 2. The Kier molecular flexibility index (Phi) is 4.93. The molecule has 0 unspecified atom stereocenters. The third-order valence-corrected chi connectivity index (χ3v) is 6.06. The van der Waals surface area contributed by atoms with Crippen LogP contribution in [0.1, 0.15) is 23.9 Å². The van der Waals surface area contributed by atoms with E-state index in [2.05, 4.69) is 4.98 Å². The summed E-state index contributed by atoms with van der Waals surface area (Å²) < 4.78 is 39.7. The monoisotopic (exact) mass is 425 g/mol. The minimum atomic E-state index is -4.26. The first-order chi connectivity index (χ1) is 14.3. The first kappa shape index (κ1) is 20.2. The lowest BCUT2D eigenvalue weighted by molar-refractivity contribution is 0.112. The van der Waals surface area contributed by atoms with Gasteiger partial charge >= 0.3 is 0 Å². The predicted molar refractivity (Wildman–Crippen MR) is 112 cm³/mol. The van der Waals surface area contributed by atoms with Crippen LogP contribution in [0.4, 0.5) is 4.39 Å². The third-order valence-electron chi connectivity index (χ3n) is 5.13. The first-order valence-electron chi connectivity index (χ1n) is 9.33. The number of primary sulfonamides is 1. The van der Waals surface area contributed by atoms with Crippen molar-refractivity contribution >= 4 is 21.1 Å². The molecule has 0 aliphatic rings. The van der Waals surface area contributed by atoms with Gasteiger partial charge in [-0.05, 0) is 24.1 Å². The number of aliphatic hydroxyl groups is 1. The van der Waals surface area contributed by atoms with Crippen LogP contribution in [0.3, 0.4) is 0 Å². The van der Waals surface area contributed by atoms with Crippen LogP contribution in [0.5, 0.6) is 0 Å². The summed E-state index contributed by atoms with van der Waals surface area (Å²) in [6.45, 7) is 2.20. The maximum Gasteiger partial charge on any atom is 0.241 e. The Morgan fingerprint density at radius 1 is 1.03 bits per heavy atom. The molecule has 6 nitrogen and oxygen atoms in total. The lowest BCUT2D eigenvalue weighted by Gasteiger charge is -2.29. The van der Waals surface area contributed by atoms with Crippen molar-refractivity contribution in [1.29, 1.82) is 0 Å². The molecule has 3 aromatic carbocycles. The Hall–Kier alpha value is -3.07. The molecule has 0 saturated carbocycles. The molecule has 8 heteroatoms. The highest BCUT2D eigenvalue weighted by atomic mass is 32.2. The van der Waals surface area contributed by atoms with Crippen molar-refractivity contribution in [3.63, 3.8) is 0 Å². The van der Waals surface area contributed by atoms with Gasteiger partial charge in [0.2, 0.25) is 10.0 Å². The van der Waals surface area contributed by atoms with Crippen molar-refractivity contribution < 1.29 is 17.9 Å². The molecule has 4 aromatic rings. The van der Waals surface area contributed by atoms with Crippen molar-refractivity contribution in [3.8, 4) is 0 Å². The van der Waals surface area contributed by atoms with Gasteiger partial charge < -0.3 is 9.67 Å². The molecule has 154 valence electrons. The van der Waals surface area contributed by atoms with E-state index in [1.165, 1.54) is 0 Å². The number of fused-ring (bicyclic) bond motifs is 1. The molecule has 0 radical (unpaired) electrons. The Morgan fingerprint density at radius 3 is 2.03 bits per heavy atom. The van der Waals surface area contributed by atoms with E-state index in [1.807, 2.05) is 19.1 Å². The van der Waals surface area contributed by atoms with Gasteiger partial charge in [0.15, 0.2) is 11.4 Å². The van der Waals surface area contributed by atoms with E-state index >= 15 is 0 Å². The number of nitrogens with two attached hydrogens (primary N) is 1. The van der Waals surface area contributed by atoms with Crippen LogP contribution < -0.4 is 5.14 Å². The van der Waals surface area contributed by atoms with Gasteiger partial charge in [-0.2, -0.15) is 0 Å². The highest BCUT2D eigenvalue weighted by molar-refractivity contribution is 7.89. The summed E-state index contributed by atoms with van der Waals surface area (Å²) in [5.41, 5.74) is 0.0995. The van der Waals surface area contributed by atoms with E-state index in [0.717, 1.165) is 12.1 Å². The van der Waals surface area contributed by atoms with Gasteiger partial charge in [0, 0.05) is 12.6 Å². The molecule has 0 spiro atoms. The van der Waals surface area contributed by atoms with E-state index in [1.54, 1.807) is 53.1 Å². The fraction of sp³-hybridized carbons (Fsp3) is 0.136. The molecule has 3 N–H and O–H groups in total. The second kappa shape index (κ2) is 7.32. The number of imidazole rings is 1. The van der Waals surface area contributed by atoms with Crippen LogP contribution in [-0.2, 0) is 22.2 Å². The molecular formula is C22H20FN3O3S. The van der Waals surface area contributed by atoms with E-state index in [0.29, 0.717) is 23.2 Å². The number of benzene rings is 3. The molecule has 1 heterocycles. The topological polar surface area (TPSA) is 98.2 Å². The summed E-state index contributed by atoms with van der Waals surface area (Å²) >= 11 is 0. The minimum Gasteiger partial charge on any atom is -0.373 e. The number of aryl methyl sites for hydroxylation is 1. The zero-order valence-corrected chi connectivity index (χ0v) is 17.0. The second-order valence-corrected chi connectivity index (χ2v) is 8.47. The molecular weight excluding hydrogens is 405 g/mol. The summed E-state index contributed by atoms with van der Waals surface area (Å²) in [7, 11) is -4.26. The number of sulfonamides is 1. The number of nitrogens with zero attached hydrogens (tertiary/aromatic N) is 2. The highest BCUT2D eigenvalue weighted by Gasteiger charge is 2.39. The van der Waals surface area contributed by atoms with Gasteiger partial charge in [0.05, 0.1) is 11.0 Å². The molecule has 0 fully saturated rings. The van der Waals surface area contributed by atoms with Gasteiger partial charge in [-0.25, -0.2) is 22.9 Å². The van der Waals surface area contributed by atoms with Crippen molar-refractivity contribution in [2.45, 2.75) is 24.0 Å². The fourth-order valence-corrected chi connectivity index (χ4v) is 4.33. The lowest BCUT2D eigenvalue weighted by Crippen LogP contribution is -2.32. The average molecular weight is 425 g/mol. The summed E-state index contributed by atoms with van der Waals surface area (Å²) in [6, 6.07) is 20.2. The molecule has 0 aliphatic carbocycles. The first-order valence-corrected chi connectivity index (χ1v) is 10.9. The predicted octanol–water partition coefficient (Wildman–Crippen LogP) is 3.13. The standard InChI is InChI=1S/C22H20FN3O3S/c1-2-26-19-14-20(30(24,28)29)17(23)13-18(19)25-21(26)22(27,15-9-5-3-6-10-15)16-11-7-4-8-12-16/h3-14,27H,2H2,1H3,(H2,24,28,29). The average Bonchev–Trinajstić information content (AvgIpc) is 3.11. The van der Waals surface area contributed by atoms with Crippen molar-refractivity contribution in [2.75, 3.05) is 0 Å². The molecule has 0 atom stereocenters. The fourth-order valence-electron chi connectivity index (χ4n) is 3.72. The normalized spacial score (nSPS) is 12.4. The molecule has 0 aliphatic heterocycles. The minimum absolute atomic E-state index is 0.224. The van der Waals surface area contributed by atoms with Crippen molar-refractivity contribution in [2.24, 2.45) is 5.14 Å². The Bertz CT molecular complexity index is 1280. The van der Waals surface area contributed by atoms with Crippen molar-refractivity contribution in [1.82, 2.24) is 9.55 Å². The third kappa shape index (κ3) is 3.19. The quantitative estimate of drug-likeness (QED) is 0.513. The lowest BCUT2D eigenvalue weighted by atomic mass is 9.85. The van der Waals surface area contributed by atoms with E-state index in [9.17, 15) is 17.9 Å².